The lowest BCUT2D eigenvalue weighted by molar-refractivity contribution is -0.116. The van der Waals surface area contributed by atoms with Crippen LogP contribution in [0.25, 0.3) is 0 Å². The van der Waals surface area contributed by atoms with Crippen LogP contribution in [0.1, 0.15) is 19.3 Å². The van der Waals surface area contributed by atoms with Crippen molar-refractivity contribution in [2.75, 3.05) is 32.0 Å². The number of anilines is 1. The first-order chi connectivity index (χ1) is 9.65. The number of piperidine rings is 1. The van der Waals surface area contributed by atoms with E-state index in [2.05, 4.69) is 22.6 Å². The molecule has 2 rings (SSSR count). The summed E-state index contributed by atoms with van der Waals surface area (Å²) < 4.78 is 0. The van der Waals surface area contributed by atoms with Crippen LogP contribution < -0.4 is 10.6 Å². The van der Waals surface area contributed by atoms with Gasteiger partial charge in [0.25, 0.3) is 0 Å². The molecule has 118 valence electrons. The number of carbonyl (C=O) groups excluding carboxylic acids is 1. The summed E-state index contributed by atoms with van der Waals surface area (Å²) in [7, 11) is 2.10. The number of rotatable bonds is 5. The number of hydrogen-bond donors (Lipinski definition) is 2. The molecule has 1 aromatic carbocycles. The van der Waals surface area contributed by atoms with Crippen LogP contribution >= 0.6 is 24.0 Å². The average molecular weight is 332 g/mol. The molecule has 0 aliphatic carbocycles. The van der Waals surface area contributed by atoms with Crippen LogP contribution in [0, 0.1) is 0 Å². The molecule has 1 amide bonds. The molecule has 21 heavy (non-hydrogen) atoms. The van der Waals surface area contributed by atoms with E-state index in [4.69, 9.17) is 11.6 Å². The van der Waals surface area contributed by atoms with Gasteiger partial charge in [-0.05, 0) is 51.2 Å². The van der Waals surface area contributed by atoms with Gasteiger partial charge < -0.3 is 15.5 Å². The second kappa shape index (κ2) is 9.26. The quantitative estimate of drug-likeness (QED) is 0.871. The summed E-state index contributed by atoms with van der Waals surface area (Å²) in [6.45, 7) is 2.94. The van der Waals surface area contributed by atoms with E-state index in [1.165, 1.54) is 0 Å². The lowest BCUT2D eigenvalue weighted by Crippen LogP contribution is -2.42. The van der Waals surface area contributed by atoms with Crippen LogP contribution in [0.5, 0.6) is 0 Å². The van der Waals surface area contributed by atoms with Gasteiger partial charge in [0.15, 0.2) is 0 Å². The Labute approximate surface area is 137 Å². The van der Waals surface area contributed by atoms with Crippen molar-refractivity contribution in [2.24, 2.45) is 0 Å². The number of hydrogen-bond acceptors (Lipinski definition) is 3. The van der Waals surface area contributed by atoms with E-state index in [1.807, 2.05) is 12.1 Å². The molecular weight excluding hydrogens is 309 g/mol. The lowest BCUT2D eigenvalue weighted by atomic mass is 10.1. The number of nitrogens with zero attached hydrogens (tertiary/aromatic N) is 1. The molecule has 0 spiro atoms. The molecule has 1 aromatic rings. The van der Waals surface area contributed by atoms with Crippen LogP contribution in [-0.2, 0) is 4.79 Å². The van der Waals surface area contributed by atoms with E-state index in [9.17, 15) is 4.79 Å². The van der Waals surface area contributed by atoms with Crippen molar-refractivity contribution in [1.82, 2.24) is 10.2 Å². The van der Waals surface area contributed by atoms with Gasteiger partial charge in [-0.2, -0.15) is 0 Å². The Kier molecular flexibility index (Phi) is 8.04. The first-order valence-electron chi connectivity index (χ1n) is 7.11. The largest absolute Gasteiger partial charge is 0.326 e. The van der Waals surface area contributed by atoms with Gasteiger partial charge in [0, 0.05) is 29.7 Å². The van der Waals surface area contributed by atoms with Gasteiger partial charge in [-0.1, -0.05) is 17.7 Å². The predicted molar refractivity (Wildman–Crippen MR) is 90.5 cm³/mol. The number of amides is 1. The van der Waals surface area contributed by atoms with Crippen molar-refractivity contribution in [3.63, 3.8) is 0 Å². The lowest BCUT2D eigenvalue weighted by Gasteiger charge is -2.31. The molecule has 0 bridgehead atoms. The zero-order valence-corrected chi connectivity index (χ0v) is 13.8. The minimum absolute atomic E-state index is 0. The number of nitrogens with one attached hydrogen (secondary N) is 2. The fraction of sp³-hybridized carbons (Fsp3) is 0.533. The van der Waals surface area contributed by atoms with Crippen LogP contribution in [0.15, 0.2) is 24.3 Å². The molecule has 0 aromatic heterocycles. The Bertz CT molecular complexity index is 450. The smallest absolute Gasteiger partial charge is 0.225 e. The van der Waals surface area contributed by atoms with Crippen LogP contribution in [0.4, 0.5) is 5.69 Å². The summed E-state index contributed by atoms with van der Waals surface area (Å²) in [6.07, 6.45) is 2.83. The van der Waals surface area contributed by atoms with Gasteiger partial charge in [-0.3, -0.25) is 4.79 Å². The third kappa shape index (κ3) is 6.22. The van der Waals surface area contributed by atoms with Crippen molar-refractivity contribution in [2.45, 2.75) is 25.3 Å². The number of halogens is 2. The average Bonchev–Trinajstić information content (AvgIpc) is 2.46. The Hall–Kier alpha value is -0.810. The standard InChI is InChI=1S/C15H22ClN3O.ClH/c1-19(14-5-8-17-9-6-14)10-7-15(20)18-13-4-2-3-12(16)11-13;/h2-4,11,14,17H,5-10H2,1H3,(H,18,20);1H. The summed E-state index contributed by atoms with van der Waals surface area (Å²) in [5.74, 6) is 0.0352. The maximum atomic E-state index is 11.9. The Morgan fingerprint density at radius 1 is 1.43 bits per heavy atom. The van der Waals surface area contributed by atoms with E-state index in [-0.39, 0.29) is 18.3 Å². The van der Waals surface area contributed by atoms with E-state index in [1.54, 1.807) is 12.1 Å². The summed E-state index contributed by atoms with van der Waals surface area (Å²) in [5, 5.41) is 6.87. The topological polar surface area (TPSA) is 44.4 Å². The molecule has 1 aliphatic rings. The van der Waals surface area contributed by atoms with Crippen LogP contribution in [-0.4, -0.2) is 43.5 Å². The Balaban J connectivity index is 0.00000220. The predicted octanol–water partition coefficient (Wildman–Crippen LogP) is 2.77. The van der Waals surface area contributed by atoms with Gasteiger partial charge in [0.1, 0.15) is 0 Å². The molecular formula is C15H23Cl2N3O. The molecule has 1 fully saturated rings. The van der Waals surface area contributed by atoms with E-state index in [0.717, 1.165) is 38.2 Å². The summed E-state index contributed by atoms with van der Waals surface area (Å²) >= 11 is 5.89. The minimum Gasteiger partial charge on any atom is -0.326 e. The van der Waals surface area contributed by atoms with E-state index < -0.39 is 0 Å². The molecule has 1 aliphatic heterocycles. The third-order valence-electron chi connectivity index (χ3n) is 3.73. The van der Waals surface area contributed by atoms with Crippen molar-refractivity contribution < 1.29 is 4.79 Å². The maximum Gasteiger partial charge on any atom is 0.225 e. The Morgan fingerprint density at radius 3 is 2.81 bits per heavy atom. The number of carbonyl (C=O) groups is 1. The van der Waals surface area contributed by atoms with Gasteiger partial charge >= 0.3 is 0 Å². The molecule has 4 nitrogen and oxygen atoms in total. The molecule has 1 heterocycles. The molecule has 0 radical (unpaired) electrons. The van der Waals surface area contributed by atoms with Gasteiger partial charge in [0.2, 0.25) is 5.91 Å². The molecule has 1 saturated heterocycles. The fourth-order valence-corrected chi connectivity index (χ4v) is 2.69. The zero-order valence-electron chi connectivity index (χ0n) is 12.3. The third-order valence-corrected chi connectivity index (χ3v) is 3.97. The highest BCUT2D eigenvalue weighted by Gasteiger charge is 2.18. The highest BCUT2D eigenvalue weighted by Crippen LogP contribution is 2.15. The van der Waals surface area contributed by atoms with Crippen molar-refractivity contribution in [3.05, 3.63) is 29.3 Å². The monoisotopic (exact) mass is 331 g/mol. The highest BCUT2D eigenvalue weighted by molar-refractivity contribution is 6.30. The molecule has 6 heteroatoms. The van der Waals surface area contributed by atoms with Crippen molar-refractivity contribution >= 4 is 35.6 Å². The molecule has 0 saturated carbocycles. The van der Waals surface area contributed by atoms with E-state index >= 15 is 0 Å². The number of benzene rings is 1. The van der Waals surface area contributed by atoms with Crippen molar-refractivity contribution in [3.8, 4) is 0 Å². The normalized spacial score (nSPS) is 15.6. The minimum atomic E-state index is 0. The van der Waals surface area contributed by atoms with Gasteiger partial charge in [-0.25, -0.2) is 0 Å². The first-order valence-corrected chi connectivity index (χ1v) is 7.49. The highest BCUT2D eigenvalue weighted by atomic mass is 35.5. The molecule has 2 N–H and O–H groups in total. The second-order valence-electron chi connectivity index (χ2n) is 5.27. The molecule has 0 unspecified atom stereocenters. The zero-order chi connectivity index (χ0) is 14.4. The SMILES string of the molecule is CN(CCC(=O)Nc1cccc(Cl)c1)C1CCNCC1.Cl. The van der Waals surface area contributed by atoms with Crippen molar-refractivity contribution in [1.29, 1.82) is 0 Å². The summed E-state index contributed by atoms with van der Waals surface area (Å²) in [6, 6.07) is 7.83. The summed E-state index contributed by atoms with van der Waals surface area (Å²) in [5.41, 5.74) is 0.756. The second-order valence-corrected chi connectivity index (χ2v) is 5.71. The Morgan fingerprint density at radius 2 is 2.14 bits per heavy atom. The van der Waals surface area contributed by atoms with Crippen LogP contribution in [0.3, 0.4) is 0 Å². The maximum absolute atomic E-state index is 11.9. The fourth-order valence-electron chi connectivity index (χ4n) is 2.50. The summed E-state index contributed by atoms with van der Waals surface area (Å²) in [4.78, 5) is 14.2. The van der Waals surface area contributed by atoms with Gasteiger partial charge in [0.05, 0.1) is 0 Å². The van der Waals surface area contributed by atoms with E-state index in [0.29, 0.717) is 17.5 Å². The molecule has 0 atom stereocenters. The van der Waals surface area contributed by atoms with Gasteiger partial charge in [-0.15, -0.1) is 12.4 Å². The first kappa shape index (κ1) is 18.2. The van der Waals surface area contributed by atoms with Crippen LogP contribution in [0.2, 0.25) is 5.02 Å².